The van der Waals surface area contributed by atoms with Crippen LogP contribution in [0.4, 0.5) is 0 Å². The van der Waals surface area contributed by atoms with Crippen molar-refractivity contribution in [3.8, 4) is 5.75 Å². The smallest absolute Gasteiger partial charge is 0.178 e. The Labute approximate surface area is 122 Å². The van der Waals surface area contributed by atoms with Gasteiger partial charge in [-0.3, -0.25) is 0 Å². The summed E-state index contributed by atoms with van der Waals surface area (Å²) in [6.45, 7) is 2.65. The molecule has 0 amide bonds. The molecule has 20 heavy (non-hydrogen) atoms. The largest absolute Gasteiger partial charge is 0.492 e. The zero-order valence-electron chi connectivity index (χ0n) is 11.5. The highest BCUT2D eigenvalue weighted by molar-refractivity contribution is 7.71. The fraction of sp³-hybridized carbons (Fsp3) is 0.533. The minimum atomic E-state index is 0.321. The van der Waals surface area contributed by atoms with Gasteiger partial charge in [-0.1, -0.05) is 6.07 Å². The Kier molecular flexibility index (Phi) is 2.86. The lowest BCUT2D eigenvalue weighted by atomic mass is 9.95. The average molecular weight is 290 g/mol. The normalized spacial score (nSPS) is 28.4. The van der Waals surface area contributed by atoms with E-state index in [9.17, 15) is 0 Å². The predicted molar refractivity (Wildman–Crippen MR) is 79.8 cm³/mol. The van der Waals surface area contributed by atoms with E-state index in [1.54, 1.807) is 0 Å². The number of imidazole rings is 1. The number of rotatable bonds is 3. The van der Waals surface area contributed by atoms with Gasteiger partial charge in [0.15, 0.2) is 4.77 Å². The second-order valence-electron chi connectivity index (χ2n) is 5.56. The van der Waals surface area contributed by atoms with Crippen LogP contribution in [0.15, 0.2) is 18.2 Å². The summed E-state index contributed by atoms with van der Waals surface area (Å²) in [6.07, 6.45) is 4.16. The molecule has 3 atom stereocenters. The summed E-state index contributed by atoms with van der Waals surface area (Å²) < 4.78 is 14.7. The van der Waals surface area contributed by atoms with Crippen LogP contribution in [0, 0.1) is 4.77 Å². The summed E-state index contributed by atoms with van der Waals surface area (Å²) in [5, 5.41) is 0. The molecule has 2 aliphatic heterocycles. The van der Waals surface area contributed by atoms with Crippen LogP contribution in [0.1, 0.15) is 32.2 Å². The van der Waals surface area contributed by atoms with Crippen molar-refractivity contribution in [2.75, 3.05) is 6.61 Å². The van der Waals surface area contributed by atoms with Crippen LogP contribution in [0.2, 0.25) is 0 Å². The van der Waals surface area contributed by atoms with E-state index < -0.39 is 0 Å². The van der Waals surface area contributed by atoms with Crippen LogP contribution in [-0.2, 0) is 4.74 Å². The first kappa shape index (κ1) is 12.4. The third-order valence-electron chi connectivity index (χ3n) is 4.42. The van der Waals surface area contributed by atoms with E-state index in [2.05, 4.69) is 15.6 Å². The van der Waals surface area contributed by atoms with Crippen LogP contribution < -0.4 is 4.74 Å². The molecule has 4 nitrogen and oxygen atoms in total. The van der Waals surface area contributed by atoms with Crippen molar-refractivity contribution in [2.24, 2.45) is 0 Å². The van der Waals surface area contributed by atoms with Crippen molar-refractivity contribution in [3.05, 3.63) is 23.0 Å². The first-order chi connectivity index (χ1) is 9.78. The number of fused-ring (bicyclic) bond motifs is 3. The van der Waals surface area contributed by atoms with Gasteiger partial charge >= 0.3 is 0 Å². The Bertz CT molecular complexity index is 705. The lowest BCUT2D eigenvalue weighted by Crippen LogP contribution is -2.20. The number of H-pyrrole nitrogens is 1. The molecule has 2 aromatic rings. The molecule has 3 heterocycles. The van der Waals surface area contributed by atoms with E-state index in [4.69, 9.17) is 21.7 Å². The van der Waals surface area contributed by atoms with Crippen molar-refractivity contribution in [1.82, 2.24) is 9.55 Å². The summed E-state index contributed by atoms with van der Waals surface area (Å²) in [5.41, 5.74) is 2.13. The van der Waals surface area contributed by atoms with Crippen molar-refractivity contribution in [2.45, 2.75) is 44.4 Å². The van der Waals surface area contributed by atoms with E-state index in [0.29, 0.717) is 24.9 Å². The monoisotopic (exact) mass is 290 g/mol. The number of ether oxygens (including phenoxy) is 2. The van der Waals surface area contributed by atoms with E-state index in [1.807, 2.05) is 19.1 Å². The number of aromatic amines is 1. The SMILES string of the molecule is CCOc1cccc2c1[nH]c(=S)n2C1CC2CCC1O2. The molecule has 2 bridgehead atoms. The zero-order chi connectivity index (χ0) is 13.7. The van der Waals surface area contributed by atoms with Crippen LogP contribution in [0.5, 0.6) is 5.75 Å². The quantitative estimate of drug-likeness (QED) is 0.878. The number of aromatic nitrogens is 2. The van der Waals surface area contributed by atoms with Gasteiger partial charge in [-0.2, -0.15) is 0 Å². The molecule has 1 N–H and O–H groups in total. The maximum atomic E-state index is 5.98. The molecule has 2 fully saturated rings. The van der Waals surface area contributed by atoms with Gasteiger partial charge in [-0.25, -0.2) is 0 Å². The topological polar surface area (TPSA) is 39.2 Å². The Balaban J connectivity index is 1.85. The molecule has 3 unspecified atom stereocenters. The minimum absolute atomic E-state index is 0.321. The van der Waals surface area contributed by atoms with Gasteiger partial charge in [0.05, 0.1) is 30.4 Å². The molecule has 106 valence electrons. The number of nitrogens with zero attached hydrogens (tertiary/aromatic N) is 1. The van der Waals surface area contributed by atoms with Crippen LogP contribution in [0.3, 0.4) is 0 Å². The molecule has 1 aromatic carbocycles. The fourth-order valence-corrected chi connectivity index (χ4v) is 3.95. The zero-order valence-corrected chi connectivity index (χ0v) is 12.3. The molecule has 2 saturated heterocycles. The lowest BCUT2D eigenvalue weighted by Gasteiger charge is -2.21. The van der Waals surface area contributed by atoms with Gasteiger partial charge in [0.25, 0.3) is 0 Å². The Hall–Kier alpha value is -1.33. The highest BCUT2D eigenvalue weighted by Gasteiger charge is 2.42. The maximum Gasteiger partial charge on any atom is 0.178 e. The van der Waals surface area contributed by atoms with Crippen molar-refractivity contribution in [1.29, 1.82) is 0 Å². The van der Waals surface area contributed by atoms with Gasteiger partial charge in [0, 0.05) is 0 Å². The molecule has 0 spiro atoms. The van der Waals surface area contributed by atoms with Gasteiger partial charge in [-0.15, -0.1) is 0 Å². The molecule has 2 aliphatic rings. The summed E-state index contributed by atoms with van der Waals surface area (Å²) in [5.74, 6) is 0.874. The Morgan fingerprint density at radius 3 is 3.05 bits per heavy atom. The molecular formula is C15H18N2O2S. The Morgan fingerprint density at radius 1 is 1.45 bits per heavy atom. The summed E-state index contributed by atoms with van der Waals surface area (Å²) >= 11 is 5.55. The number of hydrogen-bond acceptors (Lipinski definition) is 3. The van der Waals surface area contributed by atoms with Crippen LogP contribution >= 0.6 is 12.2 Å². The highest BCUT2D eigenvalue weighted by atomic mass is 32.1. The molecule has 1 aromatic heterocycles. The van der Waals surface area contributed by atoms with Gasteiger partial charge in [0.1, 0.15) is 11.3 Å². The Morgan fingerprint density at radius 2 is 2.35 bits per heavy atom. The van der Waals surface area contributed by atoms with Gasteiger partial charge in [-0.05, 0) is 50.5 Å². The third-order valence-corrected chi connectivity index (χ3v) is 4.72. The standard InChI is InChI=1S/C15H18N2O2S/c1-2-18-13-5-3-4-10-14(13)16-15(20)17(10)11-8-9-6-7-12(11)19-9/h3-5,9,11-12H,2,6-8H2,1H3,(H,16,20). The fourth-order valence-electron chi connectivity index (χ4n) is 3.61. The lowest BCUT2D eigenvalue weighted by molar-refractivity contribution is 0.0941. The number of benzene rings is 1. The maximum absolute atomic E-state index is 5.98. The molecule has 0 saturated carbocycles. The van der Waals surface area contributed by atoms with Crippen molar-refractivity contribution in [3.63, 3.8) is 0 Å². The average Bonchev–Trinajstić information content (AvgIpc) is 3.12. The summed E-state index contributed by atoms with van der Waals surface area (Å²) in [6, 6.07) is 6.49. The van der Waals surface area contributed by atoms with Gasteiger partial charge < -0.3 is 19.0 Å². The van der Waals surface area contributed by atoms with Crippen molar-refractivity contribution >= 4 is 23.3 Å². The second-order valence-corrected chi connectivity index (χ2v) is 5.95. The minimum Gasteiger partial charge on any atom is -0.492 e. The highest BCUT2D eigenvalue weighted by Crippen LogP contribution is 2.43. The van der Waals surface area contributed by atoms with Gasteiger partial charge in [0.2, 0.25) is 0 Å². The first-order valence-electron chi connectivity index (χ1n) is 7.29. The number of hydrogen-bond donors (Lipinski definition) is 1. The van der Waals surface area contributed by atoms with Crippen LogP contribution in [-0.4, -0.2) is 28.4 Å². The summed E-state index contributed by atoms with van der Waals surface area (Å²) in [4.78, 5) is 3.31. The summed E-state index contributed by atoms with van der Waals surface area (Å²) in [7, 11) is 0. The third kappa shape index (κ3) is 1.73. The first-order valence-corrected chi connectivity index (χ1v) is 7.70. The molecule has 0 radical (unpaired) electrons. The van der Waals surface area contributed by atoms with E-state index in [-0.39, 0.29) is 0 Å². The number of nitrogens with one attached hydrogen (secondary N) is 1. The molecule has 4 rings (SSSR count). The predicted octanol–water partition coefficient (Wildman–Crippen LogP) is 3.59. The van der Waals surface area contributed by atoms with E-state index in [0.717, 1.165) is 34.4 Å². The number of para-hydroxylation sites is 1. The molecule has 0 aliphatic carbocycles. The van der Waals surface area contributed by atoms with E-state index in [1.165, 1.54) is 6.42 Å². The molecular weight excluding hydrogens is 272 g/mol. The van der Waals surface area contributed by atoms with Crippen molar-refractivity contribution < 1.29 is 9.47 Å². The van der Waals surface area contributed by atoms with Crippen LogP contribution in [0.25, 0.3) is 11.0 Å². The second kappa shape index (κ2) is 4.60. The molecule has 5 heteroatoms. The van der Waals surface area contributed by atoms with E-state index >= 15 is 0 Å².